The van der Waals surface area contributed by atoms with E-state index in [0.717, 1.165) is 56.0 Å². The van der Waals surface area contributed by atoms with Crippen LogP contribution >= 0.6 is 0 Å². The van der Waals surface area contributed by atoms with Crippen molar-refractivity contribution in [3.05, 3.63) is 48.4 Å². The Hall–Kier alpha value is -2.64. The maximum Gasteiger partial charge on any atom is 0.224 e. The van der Waals surface area contributed by atoms with Gasteiger partial charge in [0.15, 0.2) is 0 Å². The van der Waals surface area contributed by atoms with Gasteiger partial charge in [-0.05, 0) is 36.2 Å². The molecule has 0 bridgehead atoms. The summed E-state index contributed by atoms with van der Waals surface area (Å²) in [5.74, 6) is 0.0231. The molecule has 1 saturated heterocycles. The van der Waals surface area contributed by atoms with Crippen LogP contribution in [0.25, 0.3) is 10.9 Å². The number of aryl methyl sites for hydroxylation is 2. The summed E-state index contributed by atoms with van der Waals surface area (Å²) in [6.07, 6.45) is 7.02. The smallest absolute Gasteiger partial charge is 0.224 e. The molecule has 3 heterocycles. The highest BCUT2D eigenvalue weighted by Crippen LogP contribution is 2.21. The highest BCUT2D eigenvalue weighted by atomic mass is 16.5. The molecule has 1 N–H and O–H groups in total. The minimum atomic E-state index is 0.0231. The number of amides is 1. The quantitative estimate of drug-likeness (QED) is 0.682. The number of nitrogens with zero attached hydrogens (tertiary/aromatic N) is 4. The fourth-order valence-electron chi connectivity index (χ4n) is 3.63. The maximum atomic E-state index is 12.3. The number of ether oxygens (including phenoxy) is 1. The Kier molecular flexibility index (Phi) is 5.73. The molecule has 2 aromatic heterocycles. The van der Waals surface area contributed by atoms with Gasteiger partial charge in [0, 0.05) is 68.6 Å². The van der Waals surface area contributed by atoms with Gasteiger partial charge in [-0.2, -0.15) is 5.10 Å². The van der Waals surface area contributed by atoms with Crippen LogP contribution in [-0.4, -0.2) is 58.0 Å². The van der Waals surface area contributed by atoms with Gasteiger partial charge in [0.2, 0.25) is 5.91 Å². The maximum absolute atomic E-state index is 12.3. The summed E-state index contributed by atoms with van der Waals surface area (Å²) >= 11 is 0. The minimum absolute atomic E-state index is 0.0231. The van der Waals surface area contributed by atoms with Crippen LogP contribution in [0.5, 0.6) is 0 Å². The third-order valence-electron chi connectivity index (χ3n) is 5.21. The first kappa shape index (κ1) is 18.7. The fraction of sp³-hybridized carbons (Fsp3) is 0.429. The molecule has 0 saturated carbocycles. The molecule has 1 aliphatic rings. The van der Waals surface area contributed by atoms with Crippen molar-refractivity contribution >= 4 is 22.5 Å². The molecule has 28 heavy (non-hydrogen) atoms. The molecule has 0 atom stereocenters. The van der Waals surface area contributed by atoms with E-state index in [1.807, 2.05) is 25.4 Å². The second-order valence-electron chi connectivity index (χ2n) is 7.31. The van der Waals surface area contributed by atoms with Crippen molar-refractivity contribution in [1.29, 1.82) is 0 Å². The van der Waals surface area contributed by atoms with E-state index in [-0.39, 0.29) is 5.91 Å². The van der Waals surface area contributed by atoms with Crippen LogP contribution in [0.2, 0.25) is 0 Å². The van der Waals surface area contributed by atoms with Gasteiger partial charge in [0.1, 0.15) is 0 Å². The number of anilines is 1. The van der Waals surface area contributed by atoms with E-state index in [0.29, 0.717) is 12.8 Å². The lowest BCUT2D eigenvalue weighted by atomic mass is 10.2. The lowest BCUT2D eigenvalue weighted by Gasteiger charge is -2.26. The third kappa shape index (κ3) is 4.61. The highest BCUT2D eigenvalue weighted by Gasteiger charge is 2.11. The van der Waals surface area contributed by atoms with E-state index in [1.54, 1.807) is 10.9 Å². The lowest BCUT2D eigenvalue weighted by molar-refractivity contribution is -0.116. The average molecular weight is 381 g/mol. The molecule has 1 fully saturated rings. The van der Waals surface area contributed by atoms with Crippen LogP contribution in [0.3, 0.4) is 0 Å². The summed E-state index contributed by atoms with van der Waals surface area (Å²) < 4.78 is 9.44. The van der Waals surface area contributed by atoms with E-state index in [4.69, 9.17) is 4.74 Å². The standard InChI is InChI=1S/C21H27N5O2/c1-24-16-17(15-22-24)2-5-21(27)23-19-3-4-20-18(14-19)6-7-26(20)9-8-25-10-12-28-13-11-25/h3-4,6-7,14-16H,2,5,8-13H2,1H3,(H,23,27). The molecule has 148 valence electrons. The number of hydrogen-bond donors (Lipinski definition) is 1. The van der Waals surface area contributed by atoms with Crippen LogP contribution in [0.1, 0.15) is 12.0 Å². The summed E-state index contributed by atoms with van der Waals surface area (Å²) in [6.45, 7) is 5.66. The van der Waals surface area contributed by atoms with Crippen molar-refractivity contribution < 1.29 is 9.53 Å². The Balaban J connectivity index is 1.33. The number of benzene rings is 1. The van der Waals surface area contributed by atoms with Crippen molar-refractivity contribution in [1.82, 2.24) is 19.2 Å². The normalized spacial score (nSPS) is 15.2. The molecule has 4 rings (SSSR count). The molecule has 1 amide bonds. The number of nitrogens with one attached hydrogen (secondary N) is 1. The first-order valence-electron chi connectivity index (χ1n) is 9.84. The Morgan fingerprint density at radius 3 is 2.86 bits per heavy atom. The Morgan fingerprint density at radius 2 is 2.07 bits per heavy atom. The monoisotopic (exact) mass is 381 g/mol. The van der Waals surface area contributed by atoms with Crippen molar-refractivity contribution in [3.63, 3.8) is 0 Å². The molecule has 7 heteroatoms. The zero-order chi connectivity index (χ0) is 19.3. The van der Waals surface area contributed by atoms with Gasteiger partial charge in [-0.15, -0.1) is 0 Å². The SMILES string of the molecule is Cn1cc(CCC(=O)Nc2ccc3c(ccn3CCN3CCOCC3)c2)cn1. The number of morpholine rings is 1. The van der Waals surface area contributed by atoms with Crippen LogP contribution in [0.15, 0.2) is 42.9 Å². The fourth-order valence-corrected chi connectivity index (χ4v) is 3.63. The summed E-state index contributed by atoms with van der Waals surface area (Å²) in [5, 5.41) is 8.29. The first-order chi connectivity index (χ1) is 13.7. The number of aromatic nitrogens is 3. The van der Waals surface area contributed by atoms with Crippen molar-refractivity contribution in [2.45, 2.75) is 19.4 Å². The molecular weight excluding hydrogens is 354 g/mol. The van der Waals surface area contributed by atoms with Crippen LogP contribution < -0.4 is 5.32 Å². The van der Waals surface area contributed by atoms with Gasteiger partial charge in [0.05, 0.1) is 19.4 Å². The molecule has 7 nitrogen and oxygen atoms in total. The summed E-state index contributed by atoms with van der Waals surface area (Å²) in [4.78, 5) is 14.7. The van der Waals surface area contributed by atoms with E-state index < -0.39 is 0 Å². The molecule has 1 aliphatic heterocycles. The second-order valence-corrected chi connectivity index (χ2v) is 7.31. The number of carbonyl (C=O) groups excluding carboxylic acids is 1. The van der Waals surface area contributed by atoms with Gasteiger partial charge in [0.25, 0.3) is 0 Å². The Morgan fingerprint density at radius 1 is 1.21 bits per heavy atom. The lowest BCUT2D eigenvalue weighted by Crippen LogP contribution is -2.38. The van der Waals surface area contributed by atoms with E-state index in [9.17, 15) is 4.79 Å². The summed E-state index contributed by atoms with van der Waals surface area (Å²) in [6, 6.07) is 8.23. The van der Waals surface area contributed by atoms with Gasteiger partial charge in [-0.3, -0.25) is 14.4 Å². The summed E-state index contributed by atoms with van der Waals surface area (Å²) in [5.41, 5.74) is 3.11. The zero-order valence-electron chi connectivity index (χ0n) is 16.3. The van der Waals surface area contributed by atoms with Crippen molar-refractivity contribution in [2.75, 3.05) is 38.2 Å². The van der Waals surface area contributed by atoms with Gasteiger partial charge >= 0.3 is 0 Å². The van der Waals surface area contributed by atoms with Crippen molar-refractivity contribution in [2.24, 2.45) is 7.05 Å². The Bertz CT molecular complexity index is 939. The van der Waals surface area contributed by atoms with E-state index >= 15 is 0 Å². The number of fused-ring (bicyclic) bond motifs is 1. The third-order valence-corrected chi connectivity index (χ3v) is 5.21. The predicted octanol–water partition coefficient (Wildman–Crippen LogP) is 2.28. The predicted molar refractivity (Wildman–Crippen MR) is 109 cm³/mol. The van der Waals surface area contributed by atoms with Gasteiger partial charge in [-0.25, -0.2) is 0 Å². The molecule has 3 aromatic rings. The Labute approximate surface area is 164 Å². The van der Waals surface area contributed by atoms with Gasteiger partial charge < -0.3 is 14.6 Å². The molecule has 0 spiro atoms. The zero-order valence-corrected chi connectivity index (χ0v) is 16.3. The van der Waals surface area contributed by atoms with Crippen LogP contribution in [0, 0.1) is 0 Å². The van der Waals surface area contributed by atoms with Crippen LogP contribution in [0.4, 0.5) is 5.69 Å². The molecule has 1 aromatic carbocycles. The number of rotatable bonds is 7. The number of hydrogen-bond acceptors (Lipinski definition) is 4. The van der Waals surface area contributed by atoms with Gasteiger partial charge in [-0.1, -0.05) is 0 Å². The van der Waals surface area contributed by atoms with Crippen LogP contribution in [-0.2, 0) is 29.5 Å². The molecule has 0 unspecified atom stereocenters. The summed E-state index contributed by atoms with van der Waals surface area (Å²) in [7, 11) is 1.88. The molecule has 0 radical (unpaired) electrons. The van der Waals surface area contributed by atoms with E-state index in [1.165, 1.54) is 5.52 Å². The average Bonchev–Trinajstić information content (AvgIpc) is 3.31. The first-order valence-corrected chi connectivity index (χ1v) is 9.84. The molecular formula is C21H27N5O2. The number of carbonyl (C=O) groups is 1. The largest absolute Gasteiger partial charge is 0.379 e. The highest BCUT2D eigenvalue weighted by molar-refractivity contribution is 5.94. The van der Waals surface area contributed by atoms with Crippen molar-refractivity contribution in [3.8, 4) is 0 Å². The van der Waals surface area contributed by atoms with E-state index in [2.05, 4.69) is 38.2 Å². The minimum Gasteiger partial charge on any atom is -0.379 e. The molecule has 0 aliphatic carbocycles. The second kappa shape index (κ2) is 8.58. The topological polar surface area (TPSA) is 64.3 Å².